The van der Waals surface area contributed by atoms with E-state index in [1.807, 2.05) is 47.4 Å². The van der Waals surface area contributed by atoms with Gasteiger partial charge in [0.2, 0.25) is 0 Å². The van der Waals surface area contributed by atoms with Crippen LogP contribution < -0.4 is 9.64 Å². The van der Waals surface area contributed by atoms with Crippen molar-refractivity contribution in [3.05, 3.63) is 52.5 Å². The highest BCUT2D eigenvalue weighted by Gasteiger charge is 2.44. The summed E-state index contributed by atoms with van der Waals surface area (Å²) in [4.78, 5) is 14.7. The first-order valence-electron chi connectivity index (χ1n) is 9.74. The average molecular weight is 465 g/mol. The number of hydrogen-bond acceptors (Lipinski definition) is 4. The zero-order chi connectivity index (χ0) is 19.7. The van der Waals surface area contributed by atoms with Crippen LogP contribution in [0.2, 0.25) is 0 Å². The fraction of sp³-hybridized carbons (Fsp3) is 0.409. The molecule has 1 saturated carbocycles. The van der Waals surface area contributed by atoms with E-state index in [0.29, 0.717) is 12.7 Å². The van der Waals surface area contributed by atoms with Crippen molar-refractivity contribution in [1.29, 1.82) is 0 Å². The molecule has 0 amide bonds. The van der Waals surface area contributed by atoms with Gasteiger partial charge in [-0.3, -0.25) is 0 Å². The molecule has 1 aliphatic carbocycles. The summed E-state index contributed by atoms with van der Waals surface area (Å²) < 4.78 is 12.3. The van der Waals surface area contributed by atoms with E-state index < -0.39 is 11.4 Å². The zero-order valence-corrected chi connectivity index (χ0v) is 18.1. The molecule has 0 saturated heterocycles. The van der Waals surface area contributed by atoms with Gasteiger partial charge in [-0.15, -0.1) is 11.6 Å². The molecule has 4 nitrogen and oxygen atoms in total. The summed E-state index contributed by atoms with van der Waals surface area (Å²) in [5, 5.41) is -0.485. The molecule has 0 radical (unpaired) electrons. The Balaban J connectivity index is 1.65. The molecule has 1 fully saturated rings. The van der Waals surface area contributed by atoms with Crippen LogP contribution in [0.5, 0.6) is 5.75 Å². The molecule has 148 valence electrons. The molecule has 1 aliphatic heterocycles. The minimum absolute atomic E-state index is 0.315. The third kappa shape index (κ3) is 3.74. The van der Waals surface area contributed by atoms with Crippen LogP contribution in [-0.4, -0.2) is 24.7 Å². The number of rotatable bonds is 5. The third-order valence-electron chi connectivity index (χ3n) is 5.35. The van der Waals surface area contributed by atoms with Crippen LogP contribution in [0, 0.1) is 0 Å². The lowest BCUT2D eigenvalue weighted by Crippen LogP contribution is -2.37. The summed E-state index contributed by atoms with van der Waals surface area (Å²) in [6.45, 7) is 2.13. The number of ether oxygens (including phenoxy) is 2. The Hall–Kier alpha value is -1.72. The Morgan fingerprint density at radius 3 is 2.57 bits per heavy atom. The van der Waals surface area contributed by atoms with E-state index in [2.05, 4.69) is 15.9 Å². The summed E-state index contributed by atoms with van der Waals surface area (Å²) in [7, 11) is 0. The lowest BCUT2D eigenvalue weighted by atomic mass is 10.1. The molecule has 6 heteroatoms. The smallest absolute Gasteiger partial charge is 0.331 e. The van der Waals surface area contributed by atoms with Crippen molar-refractivity contribution in [3.8, 4) is 5.75 Å². The van der Waals surface area contributed by atoms with Crippen LogP contribution in [0.4, 0.5) is 11.4 Å². The maximum absolute atomic E-state index is 12.7. The highest BCUT2D eigenvalue weighted by molar-refractivity contribution is 9.10. The Bertz CT molecular complexity index is 851. The number of anilines is 2. The van der Waals surface area contributed by atoms with Crippen molar-refractivity contribution in [2.45, 2.75) is 50.1 Å². The van der Waals surface area contributed by atoms with Gasteiger partial charge in [0.05, 0.1) is 18.1 Å². The van der Waals surface area contributed by atoms with E-state index >= 15 is 0 Å². The number of nitrogens with zero attached hydrogens (tertiary/aromatic N) is 1. The van der Waals surface area contributed by atoms with Gasteiger partial charge in [0.25, 0.3) is 0 Å². The molecule has 2 atom stereocenters. The van der Waals surface area contributed by atoms with Gasteiger partial charge in [-0.05, 0) is 80.6 Å². The summed E-state index contributed by atoms with van der Waals surface area (Å²) in [6.07, 6.45) is 5.03. The molecule has 2 aromatic rings. The molecule has 2 unspecified atom stereocenters. The van der Waals surface area contributed by atoms with Crippen LogP contribution in [0.15, 0.2) is 46.9 Å². The van der Waals surface area contributed by atoms with Gasteiger partial charge in [0.1, 0.15) is 5.75 Å². The molecule has 0 bridgehead atoms. The summed E-state index contributed by atoms with van der Waals surface area (Å²) in [6, 6.07) is 13.2. The Kier molecular flexibility index (Phi) is 5.83. The van der Waals surface area contributed by atoms with Crippen molar-refractivity contribution in [3.63, 3.8) is 0 Å². The minimum atomic E-state index is -0.604. The largest absolute Gasteiger partial charge is 0.490 e. The maximum Gasteiger partial charge on any atom is 0.331 e. The first kappa shape index (κ1) is 19.6. The van der Waals surface area contributed by atoms with Crippen LogP contribution in [0.1, 0.15) is 43.5 Å². The fourth-order valence-corrected chi connectivity index (χ4v) is 4.82. The van der Waals surface area contributed by atoms with E-state index in [1.54, 1.807) is 6.92 Å². The minimum Gasteiger partial charge on any atom is -0.490 e. The highest BCUT2D eigenvalue weighted by atomic mass is 79.9. The van der Waals surface area contributed by atoms with Crippen LogP contribution >= 0.6 is 27.5 Å². The van der Waals surface area contributed by atoms with Crippen LogP contribution in [0.25, 0.3) is 0 Å². The van der Waals surface area contributed by atoms with Crippen molar-refractivity contribution in [2.75, 3.05) is 11.5 Å². The quantitative estimate of drug-likeness (QED) is 0.394. The van der Waals surface area contributed by atoms with Crippen molar-refractivity contribution in [2.24, 2.45) is 0 Å². The summed E-state index contributed by atoms with van der Waals surface area (Å²) >= 11 is 10.2. The molecular formula is C22H23BrClNO3. The first-order valence-corrected chi connectivity index (χ1v) is 11.0. The van der Waals surface area contributed by atoms with Gasteiger partial charge < -0.3 is 14.4 Å². The Labute approximate surface area is 178 Å². The van der Waals surface area contributed by atoms with E-state index in [1.165, 1.54) is 12.8 Å². The number of halogens is 2. The molecular weight excluding hydrogens is 442 g/mol. The molecule has 2 aliphatic rings. The standard InChI is InChI=1S/C22H23BrClNO3/c1-2-27-22(26)21-20(24)18-13-14(23)7-12-19(18)25(21)15-8-10-17(11-9-15)28-16-5-3-4-6-16/h7-13,16,20-21H,2-6H2,1H3. The van der Waals surface area contributed by atoms with Crippen molar-refractivity contribution in [1.82, 2.24) is 0 Å². The van der Waals surface area contributed by atoms with E-state index in [9.17, 15) is 4.79 Å². The molecule has 0 N–H and O–H groups in total. The summed E-state index contributed by atoms with van der Waals surface area (Å²) in [5.74, 6) is 0.544. The second-order valence-electron chi connectivity index (χ2n) is 7.19. The van der Waals surface area contributed by atoms with Crippen molar-refractivity contribution < 1.29 is 14.3 Å². The first-order chi connectivity index (χ1) is 13.6. The SMILES string of the molecule is CCOC(=O)C1C(Cl)c2cc(Br)ccc2N1c1ccc(OC2CCCC2)cc1. The van der Waals surface area contributed by atoms with Crippen LogP contribution in [-0.2, 0) is 9.53 Å². The molecule has 0 aromatic heterocycles. The predicted molar refractivity (Wildman–Crippen MR) is 115 cm³/mol. The average Bonchev–Trinajstić information content (AvgIpc) is 3.29. The molecule has 1 heterocycles. The Morgan fingerprint density at radius 2 is 1.89 bits per heavy atom. The Morgan fingerprint density at radius 1 is 1.18 bits per heavy atom. The predicted octanol–water partition coefficient (Wildman–Crippen LogP) is 6.13. The van der Waals surface area contributed by atoms with Gasteiger partial charge in [0.15, 0.2) is 6.04 Å². The number of carbonyl (C=O) groups excluding carboxylic acids is 1. The lowest BCUT2D eigenvalue weighted by Gasteiger charge is -2.27. The van der Waals surface area contributed by atoms with E-state index in [0.717, 1.165) is 40.0 Å². The monoisotopic (exact) mass is 463 g/mol. The van der Waals surface area contributed by atoms with Gasteiger partial charge in [-0.1, -0.05) is 15.9 Å². The fourth-order valence-electron chi connectivity index (χ4n) is 4.05. The van der Waals surface area contributed by atoms with E-state index in [-0.39, 0.29) is 5.97 Å². The van der Waals surface area contributed by atoms with E-state index in [4.69, 9.17) is 21.1 Å². The second kappa shape index (κ2) is 8.34. The number of hydrogen-bond donors (Lipinski definition) is 0. The van der Waals surface area contributed by atoms with Gasteiger partial charge in [0, 0.05) is 15.8 Å². The van der Waals surface area contributed by atoms with Crippen molar-refractivity contribution >= 4 is 44.9 Å². The maximum atomic E-state index is 12.7. The number of fused-ring (bicyclic) bond motifs is 1. The summed E-state index contributed by atoms with van der Waals surface area (Å²) in [5.41, 5.74) is 2.73. The zero-order valence-electron chi connectivity index (χ0n) is 15.7. The van der Waals surface area contributed by atoms with Gasteiger partial charge in [-0.25, -0.2) is 4.79 Å². The van der Waals surface area contributed by atoms with Gasteiger partial charge >= 0.3 is 5.97 Å². The highest BCUT2D eigenvalue weighted by Crippen LogP contribution is 2.48. The normalized spacial score (nSPS) is 21.6. The lowest BCUT2D eigenvalue weighted by molar-refractivity contribution is -0.144. The number of carbonyl (C=O) groups is 1. The third-order valence-corrected chi connectivity index (χ3v) is 6.32. The topological polar surface area (TPSA) is 38.8 Å². The van der Waals surface area contributed by atoms with Gasteiger partial charge in [-0.2, -0.15) is 0 Å². The van der Waals surface area contributed by atoms with Crippen LogP contribution in [0.3, 0.4) is 0 Å². The number of benzene rings is 2. The molecule has 2 aromatic carbocycles. The second-order valence-corrected chi connectivity index (χ2v) is 8.58. The molecule has 0 spiro atoms. The number of alkyl halides is 1. The number of esters is 1. The molecule has 28 heavy (non-hydrogen) atoms. The molecule has 4 rings (SSSR count).